The minimum absolute atomic E-state index is 0.374. The summed E-state index contributed by atoms with van der Waals surface area (Å²) in [6.07, 6.45) is 4.56. The van der Waals surface area contributed by atoms with Gasteiger partial charge in [-0.3, -0.25) is 4.79 Å². The van der Waals surface area contributed by atoms with Gasteiger partial charge in [-0.1, -0.05) is 73.3 Å². The van der Waals surface area contributed by atoms with Gasteiger partial charge in [-0.2, -0.15) is 0 Å². The molecule has 1 N–H and O–H groups in total. The Hall–Kier alpha value is -4.12. The zero-order chi connectivity index (χ0) is 21.9. The molecular weight excluding hydrogens is 390 g/mol. The molecule has 0 atom stereocenters. The molecule has 5 nitrogen and oxygen atoms in total. The number of hydrogen-bond acceptors (Lipinski definition) is 4. The summed E-state index contributed by atoms with van der Waals surface area (Å²) in [6.45, 7) is 3.65. The summed E-state index contributed by atoms with van der Waals surface area (Å²) in [6, 6.07) is 24.4. The van der Waals surface area contributed by atoms with Crippen LogP contribution < -0.4 is 10.1 Å². The first-order chi connectivity index (χ1) is 15.2. The summed E-state index contributed by atoms with van der Waals surface area (Å²) >= 11 is 0. The van der Waals surface area contributed by atoms with Crippen LogP contribution in [0.2, 0.25) is 0 Å². The molecule has 31 heavy (non-hydrogen) atoms. The predicted octanol–water partition coefficient (Wildman–Crippen LogP) is 5.11. The molecule has 3 aromatic rings. The number of benzene rings is 3. The minimum atomic E-state index is -0.599. The maximum atomic E-state index is 12.3. The van der Waals surface area contributed by atoms with E-state index in [1.165, 1.54) is 6.08 Å². The normalized spacial score (nSPS) is 10.5. The summed E-state index contributed by atoms with van der Waals surface area (Å²) in [4.78, 5) is 24.2. The molecule has 0 aliphatic heterocycles. The largest absolute Gasteiger partial charge is 0.490 e. The Bertz CT molecular complexity index is 1060. The van der Waals surface area contributed by atoms with Gasteiger partial charge in [0.2, 0.25) is 0 Å². The summed E-state index contributed by atoms with van der Waals surface area (Å²) in [5.74, 6) is -0.292. The molecule has 0 aliphatic rings. The Morgan fingerprint density at radius 3 is 2.35 bits per heavy atom. The summed E-state index contributed by atoms with van der Waals surface area (Å²) in [7, 11) is 0. The van der Waals surface area contributed by atoms with E-state index in [1.54, 1.807) is 24.3 Å². The van der Waals surface area contributed by atoms with E-state index in [4.69, 9.17) is 9.47 Å². The molecule has 0 spiro atoms. The van der Waals surface area contributed by atoms with E-state index in [-0.39, 0.29) is 6.61 Å². The average Bonchev–Trinajstić information content (AvgIpc) is 2.81. The molecule has 5 heteroatoms. The van der Waals surface area contributed by atoms with Crippen molar-refractivity contribution in [1.29, 1.82) is 0 Å². The molecule has 156 valence electrons. The third kappa shape index (κ3) is 6.72. The Labute approximate surface area is 181 Å². The van der Waals surface area contributed by atoms with Gasteiger partial charge in [0, 0.05) is 17.3 Å². The van der Waals surface area contributed by atoms with Gasteiger partial charge in [-0.25, -0.2) is 4.79 Å². The van der Waals surface area contributed by atoms with Crippen molar-refractivity contribution >= 4 is 23.6 Å². The smallest absolute Gasteiger partial charge is 0.331 e. The topological polar surface area (TPSA) is 64.6 Å². The molecule has 0 unspecified atom stereocenters. The minimum Gasteiger partial charge on any atom is -0.490 e. The lowest BCUT2D eigenvalue weighted by Gasteiger charge is -2.11. The van der Waals surface area contributed by atoms with Crippen LogP contribution in [0.1, 0.15) is 5.56 Å². The SMILES string of the molecule is C=CCOc1ccc(/C=C/C(=O)OCC(=O)Nc2ccccc2-c2ccccc2)cc1. The number of amides is 1. The second-order valence-corrected chi connectivity index (χ2v) is 6.57. The number of carbonyl (C=O) groups is 2. The highest BCUT2D eigenvalue weighted by Gasteiger charge is 2.09. The molecule has 0 saturated carbocycles. The lowest BCUT2D eigenvalue weighted by molar-refractivity contribution is -0.142. The first kappa shape index (κ1) is 21.6. The van der Waals surface area contributed by atoms with Gasteiger partial charge in [0.25, 0.3) is 5.91 Å². The van der Waals surface area contributed by atoms with Crippen molar-refractivity contribution in [2.24, 2.45) is 0 Å². The van der Waals surface area contributed by atoms with Crippen molar-refractivity contribution in [2.45, 2.75) is 0 Å². The van der Waals surface area contributed by atoms with Gasteiger partial charge >= 0.3 is 5.97 Å². The van der Waals surface area contributed by atoms with Crippen LogP contribution in [0.3, 0.4) is 0 Å². The fourth-order valence-electron chi connectivity index (χ4n) is 2.83. The third-order valence-corrected chi connectivity index (χ3v) is 4.29. The van der Waals surface area contributed by atoms with Crippen LogP contribution in [0.5, 0.6) is 5.75 Å². The van der Waals surface area contributed by atoms with Gasteiger partial charge in [-0.15, -0.1) is 0 Å². The van der Waals surface area contributed by atoms with E-state index in [0.29, 0.717) is 18.0 Å². The van der Waals surface area contributed by atoms with Crippen molar-refractivity contribution in [3.05, 3.63) is 103 Å². The van der Waals surface area contributed by atoms with Crippen molar-refractivity contribution in [2.75, 3.05) is 18.5 Å². The van der Waals surface area contributed by atoms with Crippen LogP contribution in [-0.2, 0) is 14.3 Å². The number of rotatable bonds is 9. The van der Waals surface area contributed by atoms with Crippen molar-refractivity contribution in [3.63, 3.8) is 0 Å². The van der Waals surface area contributed by atoms with E-state index >= 15 is 0 Å². The maximum Gasteiger partial charge on any atom is 0.331 e. The Morgan fingerprint density at radius 2 is 1.61 bits per heavy atom. The second-order valence-electron chi connectivity index (χ2n) is 6.57. The van der Waals surface area contributed by atoms with Gasteiger partial charge in [0.05, 0.1) is 0 Å². The molecule has 3 rings (SSSR count). The molecule has 0 bridgehead atoms. The molecule has 0 saturated heterocycles. The Balaban J connectivity index is 1.51. The molecule has 3 aromatic carbocycles. The average molecular weight is 413 g/mol. The number of ether oxygens (including phenoxy) is 2. The van der Waals surface area contributed by atoms with Crippen molar-refractivity contribution < 1.29 is 19.1 Å². The summed E-state index contributed by atoms with van der Waals surface area (Å²) in [5, 5.41) is 2.80. The third-order valence-electron chi connectivity index (χ3n) is 4.29. The van der Waals surface area contributed by atoms with E-state index in [2.05, 4.69) is 11.9 Å². The molecule has 0 aliphatic carbocycles. The molecule has 0 radical (unpaired) electrons. The van der Waals surface area contributed by atoms with E-state index in [9.17, 15) is 9.59 Å². The first-order valence-electron chi connectivity index (χ1n) is 9.78. The van der Waals surface area contributed by atoms with Crippen molar-refractivity contribution in [1.82, 2.24) is 0 Å². The second kappa shape index (κ2) is 11.2. The highest BCUT2D eigenvalue weighted by Crippen LogP contribution is 2.27. The van der Waals surface area contributed by atoms with Crippen LogP contribution in [0.25, 0.3) is 17.2 Å². The highest BCUT2D eigenvalue weighted by molar-refractivity contribution is 5.97. The summed E-state index contributed by atoms with van der Waals surface area (Å²) in [5.41, 5.74) is 3.34. The first-order valence-corrected chi connectivity index (χ1v) is 9.78. The zero-order valence-corrected chi connectivity index (χ0v) is 17.0. The van der Waals surface area contributed by atoms with Gasteiger partial charge < -0.3 is 14.8 Å². The van der Waals surface area contributed by atoms with Crippen LogP contribution in [0.4, 0.5) is 5.69 Å². The predicted molar refractivity (Wildman–Crippen MR) is 123 cm³/mol. The lowest BCUT2D eigenvalue weighted by Crippen LogP contribution is -2.20. The Kier molecular flexibility index (Phi) is 7.77. The van der Waals surface area contributed by atoms with E-state index < -0.39 is 11.9 Å². The molecular formula is C26H23NO4. The number of para-hydroxylation sites is 1. The number of hydrogen-bond donors (Lipinski definition) is 1. The number of anilines is 1. The zero-order valence-electron chi connectivity index (χ0n) is 17.0. The Morgan fingerprint density at radius 1 is 0.903 bits per heavy atom. The van der Waals surface area contributed by atoms with E-state index in [1.807, 2.05) is 66.7 Å². The van der Waals surface area contributed by atoms with Crippen LogP contribution in [0, 0.1) is 0 Å². The molecule has 0 fully saturated rings. The molecule has 0 heterocycles. The quantitative estimate of drug-likeness (QED) is 0.301. The molecule has 0 aromatic heterocycles. The molecule has 1 amide bonds. The summed E-state index contributed by atoms with van der Waals surface area (Å²) < 4.78 is 10.5. The fourth-order valence-corrected chi connectivity index (χ4v) is 2.83. The number of nitrogens with one attached hydrogen (secondary N) is 1. The monoisotopic (exact) mass is 413 g/mol. The highest BCUT2D eigenvalue weighted by atomic mass is 16.5. The van der Waals surface area contributed by atoms with Crippen LogP contribution in [-0.4, -0.2) is 25.1 Å². The fraction of sp³-hybridized carbons (Fsp3) is 0.0769. The van der Waals surface area contributed by atoms with Crippen LogP contribution in [0.15, 0.2) is 97.6 Å². The van der Waals surface area contributed by atoms with Crippen molar-refractivity contribution in [3.8, 4) is 16.9 Å². The lowest BCUT2D eigenvalue weighted by atomic mass is 10.0. The van der Waals surface area contributed by atoms with Gasteiger partial charge in [-0.05, 0) is 35.4 Å². The maximum absolute atomic E-state index is 12.3. The standard InChI is InChI=1S/C26H23NO4/c1-2-18-30-22-15-12-20(13-16-22)14-17-26(29)31-19-25(28)27-24-11-7-6-10-23(24)21-8-4-3-5-9-21/h2-17H,1,18-19H2,(H,27,28)/b17-14+. The van der Waals surface area contributed by atoms with E-state index in [0.717, 1.165) is 16.7 Å². The number of esters is 1. The van der Waals surface area contributed by atoms with Gasteiger partial charge in [0.1, 0.15) is 12.4 Å². The van der Waals surface area contributed by atoms with Crippen LogP contribution >= 0.6 is 0 Å². The van der Waals surface area contributed by atoms with Gasteiger partial charge in [0.15, 0.2) is 6.61 Å². The number of carbonyl (C=O) groups excluding carboxylic acids is 2.